The molecule has 21 heavy (non-hydrogen) atoms. The summed E-state index contributed by atoms with van der Waals surface area (Å²) >= 11 is 3.72. The molecule has 0 saturated carbocycles. The summed E-state index contributed by atoms with van der Waals surface area (Å²) in [6, 6.07) is 17.5. The molecule has 0 bridgehead atoms. The van der Waals surface area contributed by atoms with Crippen LogP contribution in [-0.2, 0) is 0 Å². The first kappa shape index (κ1) is 16.1. The van der Waals surface area contributed by atoms with Crippen molar-refractivity contribution in [1.82, 2.24) is 5.32 Å². The van der Waals surface area contributed by atoms with Crippen molar-refractivity contribution in [3.8, 4) is 0 Å². The summed E-state index contributed by atoms with van der Waals surface area (Å²) < 4.78 is 1.16. The lowest BCUT2D eigenvalue weighted by molar-refractivity contribution is 0.596. The van der Waals surface area contributed by atoms with E-state index in [0.717, 1.165) is 17.6 Å². The Hall–Kier alpha value is -1.32. The molecule has 0 aromatic heterocycles. The molecule has 0 heterocycles. The van der Waals surface area contributed by atoms with Crippen molar-refractivity contribution in [2.45, 2.75) is 26.8 Å². The molecule has 2 aromatic carbocycles. The highest BCUT2D eigenvalue weighted by Crippen LogP contribution is 2.31. The lowest BCUT2D eigenvalue weighted by Crippen LogP contribution is -2.19. The molecular formula is C18H23BrN2. The Kier molecular flexibility index (Phi) is 5.83. The van der Waals surface area contributed by atoms with E-state index in [2.05, 4.69) is 95.4 Å². The highest BCUT2D eigenvalue weighted by molar-refractivity contribution is 9.10. The van der Waals surface area contributed by atoms with E-state index >= 15 is 0 Å². The molecular weight excluding hydrogens is 324 g/mol. The molecule has 0 aliphatic heterocycles. The van der Waals surface area contributed by atoms with Gasteiger partial charge >= 0.3 is 0 Å². The van der Waals surface area contributed by atoms with Gasteiger partial charge in [0.1, 0.15) is 0 Å². The van der Waals surface area contributed by atoms with Gasteiger partial charge in [-0.15, -0.1) is 0 Å². The Bertz CT molecular complexity index is 569. The summed E-state index contributed by atoms with van der Waals surface area (Å²) in [4.78, 5) is 2.31. The summed E-state index contributed by atoms with van der Waals surface area (Å²) in [6.45, 7) is 8.42. The topological polar surface area (TPSA) is 15.3 Å². The van der Waals surface area contributed by atoms with Gasteiger partial charge < -0.3 is 10.2 Å². The number of para-hydroxylation sites is 1. The first-order valence-electron chi connectivity index (χ1n) is 7.52. The van der Waals surface area contributed by atoms with Crippen LogP contribution in [0.4, 0.5) is 11.4 Å². The molecule has 112 valence electrons. The third-order valence-corrected chi connectivity index (χ3v) is 4.34. The molecule has 3 heteroatoms. The van der Waals surface area contributed by atoms with Crippen LogP contribution in [0.5, 0.6) is 0 Å². The van der Waals surface area contributed by atoms with Crippen molar-refractivity contribution in [3.05, 3.63) is 58.6 Å². The van der Waals surface area contributed by atoms with Gasteiger partial charge in [0, 0.05) is 28.4 Å². The standard InChI is InChI=1S/C18H23BrN2/c1-4-20-14(3)17-12-11-16(13-18(17)19)21(5-2)15-9-7-6-8-10-15/h6-14,20H,4-5H2,1-3H3. The van der Waals surface area contributed by atoms with Crippen LogP contribution in [0.15, 0.2) is 53.0 Å². The molecule has 1 unspecified atom stereocenters. The van der Waals surface area contributed by atoms with Gasteiger partial charge in [0.25, 0.3) is 0 Å². The van der Waals surface area contributed by atoms with Crippen molar-refractivity contribution < 1.29 is 0 Å². The van der Waals surface area contributed by atoms with E-state index in [-0.39, 0.29) is 0 Å². The van der Waals surface area contributed by atoms with Crippen molar-refractivity contribution in [2.24, 2.45) is 0 Å². The van der Waals surface area contributed by atoms with Crippen LogP contribution in [0.1, 0.15) is 32.4 Å². The van der Waals surface area contributed by atoms with E-state index in [9.17, 15) is 0 Å². The van der Waals surface area contributed by atoms with Crippen molar-refractivity contribution in [3.63, 3.8) is 0 Å². The zero-order valence-electron chi connectivity index (χ0n) is 12.9. The summed E-state index contributed by atoms with van der Waals surface area (Å²) in [7, 11) is 0. The minimum absolute atomic E-state index is 0.352. The minimum Gasteiger partial charge on any atom is -0.342 e. The number of rotatable bonds is 6. The van der Waals surface area contributed by atoms with E-state index in [4.69, 9.17) is 0 Å². The zero-order chi connectivity index (χ0) is 15.2. The second-order valence-corrected chi connectivity index (χ2v) is 5.92. The number of benzene rings is 2. The number of anilines is 2. The van der Waals surface area contributed by atoms with Crippen LogP contribution in [0.3, 0.4) is 0 Å². The molecule has 0 saturated heterocycles. The summed E-state index contributed by atoms with van der Waals surface area (Å²) in [5, 5.41) is 3.45. The smallest absolute Gasteiger partial charge is 0.0422 e. The normalized spacial score (nSPS) is 12.2. The Morgan fingerprint density at radius 1 is 1.05 bits per heavy atom. The molecule has 0 spiro atoms. The first-order chi connectivity index (χ1) is 10.2. The fourth-order valence-corrected chi connectivity index (χ4v) is 3.28. The Morgan fingerprint density at radius 2 is 1.76 bits per heavy atom. The molecule has 0 fully saturated rings. The molecule has 2 nitrogen and oxygen atoms in total. The van der Waals surface area contributed by atoms with E-state index in [1.807, 2.05) is 0 Å². The van der Waals surface area contributed by atoms with Crippen LogP contribution in [-0.4, -0.2) is 13.1 Å². The number of hydrogen-bond acceptors (Lipinski definition) is 2. The zero-order valence-corrected chi connectivity index (χ0v) is 14.5. The van der Waals surface area contributed by atoms with Crippen molar-refractivity contribution in [1.29, 1.82) is 0 Å². The minimum atomic E-state index is 0.352. The molecule has 2 rings (SSSR count). The summed E-state index contributed by atoms with van der Waals surface area (Å²) in [5.41, 5.74) is 3.73. The molecule has 0 aliphatic rings. The second-order valence-electron chi connectivity index (χ2n) is 5.06. The van der Waals surface area contributed by atoms with E-state index < -0.39 is 0 Å². The predicted octanol–water partition coefficient (Wildman–Crippen LogP) is 5.28. The van der Waals surface area contributed by atoms with Crippen molar-refractivity contribution >= 4 is 27.3 Å². The van der Waals surface area contributed by atoms with Gasteiger partial charge in [0.05, 0.1) is 0 Å². The van der Waals surface area contributed by atoms with Crippen LogP contribution in [0, 0.1) is 0 Å². The Balaban J connectivity index is 2.30. The van der Waals surface area contributed by atoms with E-state index in [1.165, 1.54) is 16.9 Å². The molecule has 0 radical (unpaired) electrons. The highest BCUT2D eigenvalue weighted by Gasteiger charge is 2.12. The van der Waals surface area contributed by atoms with Crippen LogP contribution in [0.2, 0.25) is 0 Å². The number of hydrogen-bond donors (Lipinski definition) is 1. The molecule has 2 aromatic rings. The van der Waals surface area contributed by atoms with Gasteiger partial charge in [-0.2, -0.15) is 0 Å². The Morgan fingerprint density at radius 3 is 2.33 bits per heavy atom. The van der Waals surface area contributed by atoms with Crippen LogP contribution >= 0.6 is 15.9 Å². The Labute approximate surface area is 136 Å². The number of nitrogens with one attached hydrogen (secondary N) is 1. The van der Waals surface area contributed by atoms with Gasteiger partial charge in [-0.1, -0.05) is 47.1 Å². The third kappa shape index (κ3) is 3.86. The van der Waals surface area contributed by atoms with Gasteiger partial charge in [-0.25, -0.2) is 0 Å². The van der Waals surface area contributed by atoms with Crippen molar-refractivity contribution in [2.75, 3.05) is 18.0 Å². The number of halogens is 1. The van der Waals surface area contributed by atoms with Crippen LogP contribution < -0.4 is 10.2 Å². The summed E-state index contributed by atoms with van der Waals surface area (Å²) in [6.07, 6.45) is 0. The monoisotopic (exact) mass is 346 g/mol. The lowest BCUT2D eigenvalue weighted by Gasteiger charge is -2.25. The maximum Gasteiger partial charge on any atom is 0.0422 e. The largest absolute Gasteiger partial charge is 0.342 e. The second kappa shape index (κ2) is 7.62. The van der Waals surface area contributed by atoms with Gasteiger partial charge in [-0.3, -0.25) is 0 Å². The average molecular weight is 347 g/mol. The van der Waals surface area contributed by atoms with Gasteiger partial charge in [0.15, 0.2) is 0 Å². The quantitative estimate of drug-likeness (QED) is 0.765. The van der Waals surface area contributed by atoms with Crippen LogP contribution in [0.25, 0.3) is 0 Å². The molecule has 1 N–H and O–H groups in total. The first-order valence-corrected chi connectivity index (χ1v) is 8.32. The van der Waals surface area contributed by atoms with E-state index in [1.54, 1.807) is 0 Å². The van der Waals surface area contributed by atoms with E-state index in [0.29, 0.717) is 6.04 Å². The molecule has 1 atom stereocenters. The van der Waals surface area contributed by atoms with Gasteiger partial charge in [-0.05, 0) is 50.2 Å². The number of nitrogens with zero attached hydrogens (tertiary/aromatic N) is 1. The lowest BCUT2D eigenvalue weighted by atomic mass is 10.1. The third-order valence-electron chi connectivity index (χ3n) is 3.66. The fraction of sp³-hybridized carbons (Fsp3) is 0.333. The predicted molar refractivity (Wildman–Crippen MR) is 95.4 cm³/mol. The SMILES string of the molecule is CCNC(C)c1ccc(N(CC)c2ccccc2)cc1Br. The highest BCUT2D eigenvalue weighted by atomic mass is 79.9. The maximum absolute atomic E-state index is 3.72. The average Bonchev–Trinajstić information content (AvgIpc) is 2.49. The fourth-order valence-electron chi connectivity index (χ4n) is 2.57. The van der Waals surface area contributed by atoms with Gasteiger partial charge in [0.2, 0.25) is 0 Å². The molecule has 0 amide bonds. The summed E-state index contributed by atoms with van der Waals surface area (Å²) in [5.74, 6) is 0. The molecule has 0 aliphatic carbocycles. The maximum atomic E-state index is 3.72.